The molecule has 2 atom stereocenters. The van der Waals surface area contributed by atoms with Crippen molar-refractivity contribution in [2.24, 2.45) is 0 Å². The Bertz CT molecular complexity index is 800. The van der Waals surface area contributed by atoms with E-state index in [1.807, 2.05) is 0 Å². The number of carbonyl (C=O) groups is 5. The molecule has 0 aromatic heterocycles. The molecule has 27 heavy (non-hydrogen) atoms. The smallest absolute Gasteiger partial charge is 0.323 e. The maximum absolute atomic E-state index is 12.6. The minimum Gasteiger partial charge on any atom is -0.480 e. The first kappa shape index (κ1) is 18.6. The number of nitrogens with zero attached hydrogens (tertiary/aromatic N) is 2. The fourth-order valence-corrected chi connectivity index (χ4v) is 3.48. The van der Waals surface area contributed by atoms with E-state index in [0.717, 1.165) is 9.80 Å². The van der Waals surface area contributed by atoms with E-state index in [-0.39, 0.29) is 30.6 Å². The van der Waals surface area contributed by atoms with Crippen molar-refractivity contribution in [3.63, 3.8) is 0 Å². The molecule has 3 amide bonds. The first-order chi connectivity index (χ1) is 12.9. The Morgan fingerprint density at radius 2 is 1.70 bits per heavy atom. The molecule has 2 aliphatic heterocycles. The summed E-state index contributed by atoms with van der Waals surface area (Å²) in [6, 6.07) is 4.37. The Kier molecular flexibility index (Phi) is 4.93. The van der Waals surface area contributed by atoms with Crippen LogP contribution in [0.3, 0.4) is 0 Å². The second-order valence-corrected chi connectivity index (χ2v) is 6.24. The first-order valence-corrected chi connectivity index (χ1v) is 8.51. The molecule has 0 bridgehead atoms. The van der Waals surface area contributed by atoms with Gasteiger partial charge in [-0.05, 0) is 25.5 Å². The van der Waals surface area contributed by atoms with Crippen molar-refractivity contribution < 1.29 is 33.8 Å². The van der Waals surface area contributed by atoms with Crippen LogP contribution in [0.2, 0.25) is 0 Å². The molecule has 2 aliphatic rings. The summed E-state index contributed by atoms with van der Waals surface area (Å²) in [6.07, 6.45) is 0.0392. The summed E-state index contributed by atoms with van der Waals surface area (Å²) in [5.41, 5.74) is 0.409. The average molecular weight is 374 g/mol. The molecule has 9 heteroatoms. The SMILES string of the molecule is CCOC(=O)CC[C@@H]1[C@H](N2C(=O)c3ccccc3C2=O)C(=O)N1CC(=O)O. The zero-order valence-electron chi connectivity index (χ0n) is 14.6. The van der Waals surface area contributed by atoms with E-state index >= 15 is 0 Å². The summed E-state index contributed by atoms with van der Waals surface area (Å²) in [4.78, 5) is 62.4. The number of carboxylic acid groups (broad SMARTS) is 1. The van der Waals surface area contributed by atoms with Crippen molar-refractivity contribution in [1.29, 1.82) is 0 Å². The summed E-state index contributed by atoms with van der Waals surface area (Å²) >= 11 is 0. The van der Waals surface area contributed by atoms with E-state index in [9.17, 15) is 24.0 Å². The number of carbonyl (C=O) groups excluding carboxylic acids is 4. The van der Waals surface area contributed by atoms with Crippen molar-refractivity contribution in [2.75, 3.05) is 13.2 Å². The highest BCUT2D eigenvalue weighted by molar-refractivity contribution is 6.23. The van der Waals surface area contributed by atoms with Gasteiger partial charge in [0.05, 0.1) is 23.8 Å². The lowest BCUT2D eigenvalue weighted by atomic mass is 9.89. The highest BCUT2D eigenvalue weighted by Gasteiger charge is 2.56. The van der Waals surface area contributed by atoms with E-state index in [1.54, 1.807) is 19.1 Å². The normalized spacial score (nSPS) is 21.1. The Hall–Kier alpha value is -3.23. The molecule has 1 N–H and O–H groups in total. The Morgan fingerprint density at radius 1 is 1.11 bits per heavy atom. The summed E-state index contributed by atoms with van der Waals surface area (Å²) in [5.74, 6) is -3.52. The lowest BCUT2D eigenvalue weighted by Crippen LogP contribution is -2.72. The largest absolute Gasteiger partial charge is 0.480 e. The van der Waals surface area contributed by atoms with Crippen LogP contribution in [0.4, 0.5) is 0 Å². The van der Waals surface area contributed by atoms with Gasteiger partial charge in [0.15, 0.2) is 0 Å². The molecule has 0 aliphatic carbocycles. The molecule has 0 saturated carbocycles. The van der Waals surface area contributed by atoms with Crippen molar-refractivity contribution in [2.45, 2.75) is 31.8 Å². The molecule has 3 rings (SSSR count). The van der Waals surface area contributed by atoms with Gasteiger partial charge < -0.3 is 14.7 Å². The van der Waals surface area contributed by atoms with Gasteiger partial charge in [-0.3, -0.25) is 28.9 Å². The van der Waals surface area contributed by atoms with Crippen molar-refractivity contribution in [3.05, 3.63) is 35.4 Å². The molecule has 1 aromatic carbocycles. The van der Waals surface area contributed by atoms with E-state index in [2.05, 4.69) is 0 Å². The maximum Gasteiger partial charge on any atom is 0.323 e. The summed E-state index contributed by atoms with van der Waals surface area (Å²) in [5, 5.41) is 9.01. The summed E-state index contributed by atoms with van der Waals surface area (Å²) in [7, 11) is 0. The van der Waals surface area contributed by atoms with Crippen molar-refractivity contribution >= 4 is 29.7 Å². The molecule has 142 valence electrons. The minimum absolute atomic E-state index is 0.0540. The fourth-order valence-electron chi connectivity index (χ4n) is 3.48. The predicted molar refractivity (Wildman–Crippen MR) is 89.7 cm³/mol. The van der Waals surface area contributed by atoms with Crippen LogP contribution in [-0.4, -0.2) is 69.8 Å². The van der Waals surface area contributed by atoms with E-state index in [4.69, 9.17) is 9.84 Å². The van der Waals surface area contributed by atoms with Crippen LogP contribution >= 0.6 is 0 Å². The van der Waals surface area contributed by atoms with Gasteiger partial charge in [-0.2, -0.15) is 0 Å². The van der Waals surface area contributed by atoms with Crippen LogP contribution < -0.4 is 0 Å². The number of hydrogen-bond donors (Lipinski definition) is 1. The number of ether oxygens (including phenoxy) is 1. The van der Waals surface area contributed by atoms with Gasteiger partial charge in [-0.25, -0.2) is 0 Å². The number of fused-ring (bicyclic) bond motifs is 1. The maximum atomic E-state index is 12.6. The van der Waals surface area contributed by atoms with E-state index in [0.29, 0.717) is 0 Å². The van der Waals surface area contributed by atoms with Gasteiger partial charge in [0.2, 0.25) is 5.91 Å². The molecule has 1 saturated heterocycles. The molecule has 0 radical (unpaired) electrons. The summed E-state index contributed by atoms with van der Waals surface area (Å²) in [6.45, 7) is 1.29. The fraction of sp³-hybridized carbons (Fsp3) is 0.389. The number of benzene rings is 1. The number of likely N-dealkylation sites (tertiary alicyclic amines) is 1. The topological polar surface area (TPSA) is 121 Å². The number of carboxylic acids is 1. The third kappa shape index (κ3) is 3.16. The number of hydrogen-bond acceptors (Lipinski definition) is 6. The number of rotatable bonds is 7. The van der Waals surface area contributed by atoms with Crippen LogP contribution in [0.25, 0.3) is 0 Å². The Balaban J connectivity index is 1.83. The number of aliphatic carboxylic acids is 1. The van der Waals surface area contributed by atoms with Gasteiger partial charge in [0.25, 0.3) is 11.8 Å². The lowest BCUT2D eigenvalue weighted by molar-refractivity contribution is -0.163. The molecular formula is C18H18N2O7. The molecule has 9 nitrogen and oxygen atoms in total. The van der Waals surface area contributed by atoms with Gasteiger partial charge in [0, 0.05) is 6.42 Å². The second-order valence-electron chi connectivity index (χ2n) is 6.24. The van der Waals surface area contributed by atoms with Gasteiger partial charge >= 0.3 is 11.9 Å². The van der Waals surface area contributed by atoms with Crippen LogP contribution in [0.15, 0.2) is 24.3 Å². The van der Waals surface area contributed by atoms with Crippen LogP contribution in [0.5, 0.6) is 0 Å². The predicted octanol–water partition coefficient (Wildman–Crippen LogP) is 0.290. The van der Waals surface area contributed by atoms with Crippen LogP contribution in [-0.2, 0) is 19.1 Å². The third-order valence-corrected chi connectivity index (χ3v) is 4.66. The highest BCUT2D eigenvalue weighted by atomic mass is 16.5. The minimum atomic E-state index is -1.22. The standard InChI is InChI=1S/C18H18N2O7/c1-2-27-14(23)8-7-12-15(18(26)19(12)9-13(21)22)20-16(24)10-5-3-4-6-11(10)17(20)25/h3-6,12,15H,2,7-9H2,1H3,(H,21,22)/t12-,15+/m1/s1. The van der Waals surface area contributed by atoms with Crippen molar-refractivity contribution in [1.82, 2.24) is 9.80 Å². The Labute approximate surface area is 154 Å². The van der Waals surface area contributed by atoms with Crippen LogP contribution in [0, 0.1) is 0 Å². The molecule has 0 unspecified atom stereocenters. The molecule has 1 fully saturated rings. The monoisotopic (exact) mass is 374 g/mol. The number of esters is 1. The molecule has 1 aromatic rings. The second kappa shape index (κ2) is 7.18. The summed E-state index contributed by atoms with van der Waals surface area (Å²) < 4.78 is 4.85. The van der Waals surface area contributed by atoms with Gasteiger partial charge in [-0.15, -0.1) is 0 Å². The molecule has 2 heterocycles. The average Bonchev–Trinajstić information content (AvgIpc) is 2.88. The highest BCUT2D eigenvalue weighted by Crippen LogP contribution is 2.34. The third-order valence-electron chi connectivity index (χ3n) is 4.66. The zero-order valence-corrected chi connectivity index (χ0v) is 14.6. The van der Waals surface area contributed by atoms with Crippen molar-refractivity contribution in [3.8, 4) is 0 Å². The first-order valence-electron chi connectivity index (χ1n) is 8.51. The van der Waals surface area contributed by atoms with E-state index < -0.39 is 48.3 Å². The quantitative estimate of drug-likeness (QED) is 0.413. The number of amides is 3. The van der Waals surface area contributed by atoms with Gasteiger partial charge in [-0.1, -0.05) is 12.1 Å². The zero-order chi connectivity index (χ0) is 19.7. The molecular weight excluding hydrogens is 356 g/mol. The number of β-lactam (4-membered cyclic amide) rings is 1. The van der Waals surface area contributed by atoms with Gasteiger partial charge in [0.1, 0.15) is 12.6 Å². The molecule has 0 spiro atoms. The van der Waals surface area contributed by atoms with E-state index in [1.165, 1.54) is 12.1 Å². The van der Waals surface area contributed by atoms with Crippen LogP contribution in [0.1, 0.15) is 40.5 Å². The number of imide groups is 1. The Morgan fingerprint density at radius 3 is 2.22 bits per heavy atom. The lowest BCUT2D eigenvalue weighted by Gasteiger charge is -2.49.